The predicted molar refractivity (Wildman–Crippen MR) is 65.7 cm³/mol. The summed E-state index contributed by atoms with van der Waals surface area (Å²) in [6.45, 7) is 1.71. The predicted octanol–water partition coefficient (Wildman–Crippen LogP) is 1.99. The van der Waals surface area contributed by atoms with Crippen LogP contribution in [0.1, 0.15) is 15.9 Å². The van der Waals surface area contributed by atoms with Crippen LogP contribution >= 0.6 is 0 Å². The normalized spacial score (nSPS) is 10.1. The smallest absolute Gasteiger partial charge is 0.254 e. The molecule has 0 atom stereocenters. The van der Waals surface area contributed by atoms with Crippen LogP contribution < -0.4 is 10.5 Å². The van der Waals surface area contributed by atoms with Gasteiger partial charge in [0.25, 0.3) is 5.91 Å². The summed E-state index contributed by atoms with van der Waals surface area (Å²) in [4.78, 5) is 15.2. The lowest BCUT2D eigenvalue weighted by Crippen LogP contribution is -2.12. The molecule has 18 heavy (non-hydrogen) atoms. The van der Waals surface area contributed by atoms with Gasteiger partial charge >= 0.3 is 0 Å². The molecule has 0 saturated heterocycles. The van der Waals surface area contributed by atoms with Gasteiger partial charge in [-0.05, 0) is 31.2 Å². The van der Waals surface area contributed by atoms with E-state index in [1.165, 1.54) is 12.3 Å². The molecule has 3 N–H and O–H groups in total. The van der Waals surface area contributed by atoms with Crippen molar-refractivity contribution in [3.05, 3.63) is 47.7 Å². The first-order chi connectivity index (χ1) is 8.59. The fourth-order valence-corrected chi connectivity index (χ4v) is 1.48. The van der Waals surface area contributed by atoms with Crippen molar-refractivity contribution in [1.82, 2.24) is 4.98 Å². The number of nitrogens with zero attached hydrogens (tertiary/aromatic N) is 1. The van der Waals surface area contributed by atoms with Crippen LogP contribution in [0.2, 0.25) is 0 Å². The van der Waals surface area contributed by atoms with Crippen LogP contribution in [0.3, 0.4) is 0 Å². The second kappa shape index (κ2) is 4.75. The van der Waals surface area contributed by atoms with E-state index in [9.17, 15) is 9.90 Å². The minimum absolute atomic E-state index is 0.115. The molecule has 5 nitrogen and oxygen atoms in total. The maximum absolute atomic E-state index is 11.2. The molecule has 1 heterocycles. The Morgan fingerprint density at radius 1 is 1.33 bits per heavy atom. The molecule has 1 aromatic heterocycles. The topological polar surface area (TPSA) is 85.4 Å². The van der Waals surface area contributed by atoms with Gasteiger partial charge in [-0.2, -0.15) is 0 Å². The van der Waals surface area contributed by atoms with Crippen molar-refractivity contribution in [2.24, 2.45) is 5.73 Å². The van der Waals surface area contributed by atoms with E-state index < -0.39 is 5.91 Å². The van der Waals surface area contributed by atoms with Crippen LogP contribution in [0.25, 0.3) is 0 Å². The number of ether oxygens (including phenoxy) is 1. The number of carbonyl (C=O) groups excluding carboxylic acids is 1. The Hall–Kier alpha value is -2.56. The van der Waals surface area contributed by atoms with Crippen molar-refractivity contribution in [3.63, 3.8) is 0 Å². The van der Waals surface area contributed by atoms with Crippen molar-refractivity contribution >= 4 is 5.91 Å². The zero-order valence-electron chi connectivity index (χ0n) is 9.75. The first-order valence-corrected chi connectivity index (χ1v) is 5.31. The Morgan fingerprint density at radius 2 is 2.11 bits per heavy atom. The maximum atomic E-state index is 11.2. The summed E-state index contributed by atoms with van der Waals surface area (Å²) in [6, 6.07) is 8.00. The van der Waals surface area contributed by atoms with Crippen LogP contribution in [-0.2, 0) is 0 Å². The van der Waals surface area contributed by atoms with Gasteiger partial charge in [0, 0.05) is 11.8 Å². The van der Waals surface area contributed by atoms with Gasteiger partial charge in [0.15, 0.2) is 0 Å². The summed E-state index contributed by atoms with van der Waals surface area (Å²) >= 11 is 0. The molecule has 5 heteroatoms. The summed E-state index contributed by atoms with van der Waals surface area (Å²) in [7, 11) is 0. The fraction of sp³-hybridized carbons (Fsp3) is 0.0769. The standard InChI is InChI=1S/C13H12N2O3/c1-8-10(16)5-2-6-11(8)18-13-9(12(14)17)4-3-7-15-13/h2-7,16H,1H3,(H2,14,17). The van der Waals surface area contributed by atoms with Crippen LogP contribution in [0.4, 0.5) is 0 Å². The highest BCUT2D eigenvalue weighted by Gasteiger charge is 2.12. The molecule has 2 rings (SSSR count). The molecule has 92 valence electrons. The first-order valence-electron chi connectivity index (χ1n) is 5.31. The Kier molecular flexibility index (Phi) is 3.14. The second-order valence-corrected chi connectivity index (χ2v) is 3.72. The second-order valence-electron chi connectivity index (χ2n) is 3.72. The number of primary amides is 1. The molecule has 0 aliphatic carbocycles. The molecular weight excluding hydrogens is 232 g/mol. The number of pyridine rings is 1. The van der Waals surface area contributed by atoms with Crippen molar-refractivity contribution in [3.8, 4) is 17.4 Å². The van der Waals surface area contributed by atoms with Crippen LogP contribution in [-0.4, -0.2) is 16.0 Å². The summed E-state index contributed by atoms with van der Waals surface area (Å²) in [5.74, 6) is 0.0508. The third-order valence-electron chi connectivity index (χ3n) is 2.50. The van der Waals surface area contributed by atoms with Crippen molar-refractivity contribution in [2.75, 3.05) is 0 Å². The third kappa shape index (κ3) is 2.24. The summed E-state index contributed by atoms with van der Waals surface area (Å²) in [5, 5.41) is 9.56. The largest absolute Gasteiger partial charge is 0.508 e. The molecule has 0 aliphatic heterocycles. The molecule has 1 amide bonds. The van der Waals surface area contributed by atoms with E-state index in [1.54, 1.807) is 31.2 Å². The van der Waals surface area contributed by atoms with Crippen LogP contribution in [0.15, 0.2) is 36.5 Å². The molecule has 1 aromatic carbocycles. The Morgan fingerprint density at radius 3 is 2.83 bits per heavy atom. The highest BCUT2D eigenvalue weighted by Crippen LogP contribution is 2.30. The van der Waals surface area contributed by atoms with Gasteiger partial charge in [-0.15, -0.1) is 0 Å². The number of amides is 1. The number of aromatic hydroxyl groups is 1. The fourth-order valence-electron chi connectivity index (χ4n) is 1.48. The summed E-state index contributed by atoms with van der Waals surface area (Å²) < 4.78 is 5.51. The first kappa shape index (κ1) is 11.9. The molecule has 0 aliphatic rings. The molecule has 2 aromatic rings. The van der Waals surface area contributed by atoms with Gasteiger partial charge in [-0.1, -0.05) is 6.07 Å². The van der Waals surface area contributed by atoms with E-state index in [-0.39, 0.29) is 17.2 Å². The lowest BCUT2D eigenvalue weighted by molar-refractivity contribution is 0.0997. The number of hydrogen-bond acceptors (Lipinski definition) is 4. The molecule has 0 bridgehead atoms. The Bertz CT molecular complexity index is 597. The number of hydrogen-bond donors (Lipinski definition) is 2. The van der Waals surface area contributed by atoms with E-state index >= 15 is 0 Å². The SMILES string of the molecule is Cc1c(O)cccc1Oc1ncccc1C(N)=O. The van der Waals surface area contributed by atoms with Crippen LogP contribution in [0, 0.1) is 6.92 Å². The Labute approximate surface area is 104 Å². The molecule has 0 fully saturated rings. The zero-order chi connectivity index (χ0) is 13.1. The number of carbonyl (C=O) groups is 1. The lowest BCUT2D eigenvalue weighted by atomic mass is 10.2. The van der Waals surface area contributed by atoms with Gasteiger partial charge in [0.2, 0.25) is 5.88 Å². The Balaban J connectivity index is 2.40. The van der Waals surface area contributed by atoms with Crippen molar-refractivity contribution < 1.29 is 14.6 Å². The average Bonchev–Trinajstić information content (AvgIpc) is 2.35. The number of phenols is 1. The highest BCUT2D eigenvalue weighted by molar-refractivity contribution is 5.95. The summed E-state index contributed by atoms with van der Waals surface area (Å²) in [5.41, 5.74) is 5.99. The van der Waals surface area contributed by atoms with Gasteiger partial charge in [0.05, 0.1) is 0 Å². The van der Waals surface area contributed by atoms with E-state index in [0.717, 1.165) is 0 Å². The van der Waals surface area contributed by atoms with E-state index in [4.69, 9.17) is 10.5 Å². The average molecular weight is 244 g/mol. The van der Waals surface area contributed by atoms with Gasteiger partial charge in [-0.25, -0.2) is 4.98 Å². The molecule has 0 spiro atoms. The van der Waals surface area contributed by atoms with Gasteiger partial charge in [-0.3, -0.25) is 4.79 Å². The zero-order valence-corrected chi connectivity index (χ0v) is 9.75. The van der Waals surface area contributed by atoms with Gasteiger partial charge < -0.3 is 15.6 Å². The third-order valence-corrected chi connectivity index (χ3v) is 2.50. The van der Waals surface area contributed by atoms with Crippen molar-refractivity contribution in [1.29, 1.82) is 0 Å². The molecule has 0 radical (unpaired) electrons. The minimum Gasteiger partial charge on any atom is -0.508 e. The number of rotatable bonds is 3. The number of aromatic nitrogens is 1. The molecule has 0 saturated carbocycles. The quantitative estimate of drug-likeness (QED) is 0.864. The van der Waals surface area contributed by atoms with Gasteiger partial charge in [0.1, 0.15) is 17.1 Å². The molecule has 0 unspecified atom stereocenters. The number of phenolic OH excluding ortho intramolecular Hbond substituents is 1. The van der Waals surface area contributed by atoms with E-state index in [1.807, 2.05) is 0 Å². The number of nitrogens with two attached hydrogens (primary N) is 1. The minimum atomic E-state index is -0.615. The highest BCUT2D eigenvalue weighted by atomic mass is 16.5. The number of benzene rings is 1. The summed E-state index contributed by atoms with van der Waals surface area (Å²) in [6.07, 6.45) is 1.50. The monoisotopic (exact) mass is 244 g/mol. The lowest BCUT2D eigenvalue weighted by Gasteiger charge is -2.10. The molecular formula is C13H12N2O3. The van der Waals surface area contributed by atoms with E-state index in [0.29, 0.717) is 11.3 Å². The maximum Gasteiger partial charge on any atom is 0.254 e. The van der Waals surface area contributed by atoms with E-state index in [2.05, 4.69) is 4.98 Å². The van der Waals surface area contributed by atoms with Crippen LogP contribution in [0.5, 0.6) is 17.4 Å². The van der Waals surface area contributed by atoms with Crippen molar-refractivity contribution in [2.45, 2.75) is 6.92 Å².